The van der Waals surface area contributed by atoms with E-state index in [-0.39, 0.29) is 23.4 Å². The van der Waals surface area contributed by atoms with Crippen LogP contribution in [0.15, 0.2) is 77.6 Å². The van der Waals surface area contributed by atoms with Crippen LogP contribution in [0.5, 0.6) is 0 Å². The molecule has 2 aliphatic carbocycles. The Hall–Kier alpha value is -4.26. The topological polar surface area (TPSA) is 84.3 Å². The van der Waals surface area contributed by atoms with Gasteiger partial charge in [-0.25, -0.2) is 4.98 Å². The molecule has 1 N–H and O–H groups in total. The fourth-order valence-corrected chi connectivity index (χ4v) is 4.67. The molecule has 186 valence electrons. The lowest BCUT2D eigenvalue weighted by atomic mass is 10.1. The standard InChI is InChI=1S/C30H28N4O3/c1-19-31-27-5-3-2-4-26(27)30(37)34(19)25-14-10-22(11-15-25)29(36)33(24-16-17-24)18-20-6-8-21(9-7-20)28(35)32-23-12-13-23/h2-11,14-15,23-24H,12-13,16-18H2,1H3,(H,32,35). The van der Waals surface area contributed by atoms with Gasteiger partial charge in [0.25, 0.3) is 17.4 Å². The number of hydrogen-bond donors (Lipinski definition) is 1. The van der Waals surface area contributed by atoms with Gasteiger partial charge in [0.05, 0.1) is 16.6 Å². The van der Waals surface area contributed by atoms with Crippen molar-refractivity contribution in [1.29, 1.82) is 0 Å². The second kappa shape index (κ2) is 9.32. The second-order valence-corrected chi connectivity index (χ2v) is 9.97. The summed E-state index contributed by atoms with van der Waals surface area (Å²) < 4.78 is 1.58. The van der Waals surface area contributed by atoms with Gasteiger partial charge in [0.15, 0.2) is 0 Å². The lowest BCUT2D eigenvalue weighted by Gasteiger charge is -2.23. The molecule has 2 fully saturated rings. The van der Waals surface area contributed by atoms with Crippen molar-refractivity contribution in [2.24, 2.45) is 0 Å². The maximum absolute atomic E-state index is 13.5. The summed E-state index contributed by atoms with van der Waals surface area (Å²) in [4.78, 5) is 45.3. The zero-order valence-electron chi connectivity index (χ0n) is 20.7. The molecule has 6 rings (SSSR count). The van der Waals surface area contributed by atoms with Crippen LogP contribution in [0.25, 0.3) is 16.6 Å². The number of hydrogen-bond acceptors (Lipinski definition) is 4. The number of rotatable bonds is 7. The molecule has 2 aliphatic rings. The summed E-state index contributed by atoms with van der Waals surface area (Å²) in [6.45, 7) is 2.30. The number of aromatic nitrogens is 2. The van der Waals surface area contributed by atoms with Gasteiger partial charge in [-0.15, -0.1) is 0 Å². The lowest BCUT2D eigenvalue weighted by Crippen LogP contribution is -2.32. The van der Waals surface area contributed by atoms with Gasteiger partial charge in [-0.05, 0) is 86.7 Å². The van der Waals surface area contributed by atoms with Gasteiger partial charge < -0.3 is 10.2 Å². The van der Waals surface area contributed by atoms with Crippen molar-refractivity contribution in [2.75, 3.05) is 0 Å². The van der Waals surface area contributed by atoms with Crippen molar-refractivity contribution in [1.82, 2.24) is 19.8 Å². The molecule has 7 heteroatoms. The highest BCUT2D eigenvalue weighted by molar-refractivity contribution is 5.95. The molecule has 0 radical (unpaired) electrons. The number of carbonyl (C=O) groups is 2. The largest absolute Gasteiger partial charge is 0.349 e. The van der Waals surface area contributed by atoms with Crippen LogP contribution in [0.3, 0.4) is 0 Å². The molecule has 0 atom stereocenters. The van der Waals surface area contributed by atoms with Crippen molar-refractivity contribution in [3.8, 4) is 5.69 Å². The SMILES string of the molecule is Cc1nc2ccccc2c(=O)n1-c1ccc(C(=O)N(Cc2ccc(C(=O)NC3CC3)cc2)C2CC2)cc1. The molecule has 7 nitrogen and oxygen atoms in total. The minimum atomic E-state index is -0.129. The first-order chi connectivity index (χ1) is 18.0. The van der Waals surface area contributed by atoms with E-state index in [1.54, 1.807) is 34.9 Å². The second-order valence-electron chi connectivity index (χ2n) is 9.97. The molecule has 0 unspecified atom stereocenters. The Morgan fingerprint density at radius 3 is 2.27 bits per heavy atom. The third-order valence-corrected chi connectivity index (χ3v) is 7.05. The quantitative estimate of drug-likeness (QED) is 0.415. The average molecular weight is 493 g/mol. The van der Waals surface area contributed by atoms with Crippen molar-refractivity contribution >= 4 is 22.7 Å². The van der Waals surface area contributed by atoms with Crippen LogP contribution in [0.2, 0.25) is 0 Å². The zero-order valence-corrected chi connectivity index (χ0v) is 20.7. The Morgan fingerprint density at radius 2 is 1.59 bits per heavy atom. The van der Waals surface area contributed by atoms with Gasteiger partial charge in [0, 0.05) is 29.8 Å². The highest BCUT2D eigenvalue weighted by Gasteiger charge is 2.33. The molecule has 0 spiro atoms. The van der Waals surface area contributed by atoms with Gasteiger partial charge in [0.1, 0.15) is 5.82 Å². The third-order valence-electron chi connectivity index (χ3n) is 7.05. The van der Waals surface area contributed by atoms with Crippen molar-refractivity contribution in [3.63, 3.8) is 0 Å². The van der Waals surface area contributed by atoms with E-state index < -0.39 is 0 Å². The van der Waals surface area contributed by atoms with Gasteiger partial charge in [-0.3, -0.25) is 19.0 Å². The van der Waals surface area contributed by atoms with E-state index in [2.05, 4.69) is 10.3 Å². The summed E-state index contributed by atoms with van der Waals surface area (Å²) in [5.41, 5.74) is 3.43. The van der Waals surface area contributed by atoms with Crippen LogP contribution in [0, 0.1) is 6.92 Å². The molecule has 0 saturated heterocycles. The number of amides is 2. The molecule has 0 aliphatic heterocycles. The van der Waals surface area contributed by atoms with Crippen LogP contribution in [-0.2, 0) is 6.54 Å². The third kappa shape index (κ3) is 4.77. The first-order valence-corrected chi connectivity index (χ1v) is 12.8. The van der Waals surface area contributed by atoms with Crippen LogP contribution >= 0.6 is 0 Å². The van der Waals surface area contributed by atoms with Crippen LogP contribution in [0.1, 0.15) is 57.8 Å². The van der Waals surface area contributed by atoms with E-state index in [1.807, 2.05) is 54.3 Å². The number of nitrogens with zero attached hydrogens (tertiary/aromatic N) is 3. The molecule has 1 aromatic heterocycles. The van der Waals surface area contributed by atoms with E-state index >= 15 is 0 Å². The molecule has 3 aromatic carbocycles. The van der Waals surface area contributed by atoms with E-state index in [1.165, 1.54) is 0 Å². The minimum absolute atomic E-state index is 0.0368. The number of carbonyl (C=O) groups excluding carboxylic acids is 2. The molecular formula is C30H28N4O3. The van der Waals surface area contributed by atoms with E-state index in [9.17, 15) is 14.4 Å². The number of aryl methyl sites for hydroxylation is 1. The molecule has 37 heavy (non-hydrogen) atoms. The summed E-state index contributed by atoms with van der Waals surface area (Å²) >= 11 is 0. The molecular weight excluding hydrogens is 464 g/mol. The van der Waals surface area contributed by atoms with E-state index in [4.69, 9.17) is 0 Å². The highest BCUT2D eigenvalue weighted by atomic mass is 16.2. The summed E-state index contributed by atoms with van der Waals surface area (Å²) in [6.07, 6.45) is 4.09. The monoisotopic (exact) mass is 492 g/mol. The number of nitrogens with one attached hydrogen (secondary N) is 1. The Labute approximate surface area is 214 Å². The summed E-state index contributed by atoms with van der Waals surface area (Å²) in [5.74, 6) is 0.516. The van der Waals surface area contributed by atoms with Crippen LogP contribution in [0.4, 0.5) is 0 Å². The van der Waals surface area contributed by atoms with Crippen LogP contribution < -0.4 is 10.9 Å². The number of para-hydroxylation sites is 1. The number of benzene rings is 3. The van der Waals surface area contributed by atoms with Gasteiger partial charge in [-0.2, -0.15) is 0 Å². The van der Waals surface area contributed by atoms with Gasteiger partial charge in [0.2, 0.25) is 0 Å². The molecule has 0 bridgehead atoms. The van der Waals surface area contributed by atoms with E-state index in [0.717, 1.165) is 31.2 Å². The van der Waals surface area contributed by atoms with Gasteiger partial charge >= 0.3 is 0 Å². The maximum atomic E-state index is 13.5. The fraction of sp³-hybridized carbons (Fsp3) is 0.267. The van der Waals surface area contributed by atoms with Crippen molar-refractivity contribution in [2.45, 2.75) is 51.2 Å². The maximum Gasteiger partial charge on any atom is 0.265 e. The fourth-order valence-electron chi connectivity index (χ4n) is 4.67. The molecule has 2 saturated carbocycles. The molecule has 2 amide bonds. The average Bonchev–Trinajstić information content (AvgIpc) is 3.84. The van der Waals surface area contributed by atoms with Crippen molar-refractivity contribution < 1.29 is 9.59 Å². The smallest absolute Gasteiger partial charge is 0.265 e. The van der Waals surface area contributed by atoms with Gasteiger partial charge in [-0.1, -0.05) is 24.3 Å². The summed E-state index contributed by atoms with van der Waals surface area (Å²) in [5, 5.41) is 3.56. The highest BCUT2D eigenvalue weighted by Crippen LogP contribution is 2.30. The number of fused-ring (bicyclic) bond motifs is 1. The van der Waals surface area contributed by atoms with Crippen LogP contribution in [-0.4, -0.2) is 38.3 Å². The predicted octanol–water partition coefficient (Wildman–Crippen LogP) is 4.39. The first kappa shape index (κ1) is 23.2. The Kier molecular flexibility index (Phi) is 5.83. The van der Waals surface area contributed by atoms with E-state index in [0.29, 0.717) is 46.1 Å². The lowest BCUT2D eigenvalue weighted by molar-refractivity contribution is 0.0729. The van der Waals surface area contributed by atoms with Crippen molar-refractivity contribution in [3.05, 3.63) is 106 Å². The zero-order chi connectivity index (χ0) is 25.5. The first-order valence-electron chi connectivity index (χ1n) is 12.8. The minimum Gasteiger partial charge on any atom is -0.349 e. The Morgan fingerprint density at radius 1 is 0.919 bits per heavy atom. The summed E-state index contributed by atoms with van der Waals surface area (Å²) in [7, 11) is 0. The normalized spacial score (nSPS) is 14.9. The summed E-state index contributed by atoms with van der Waals surface area (Å²) in [6, 6.07) is 22.5. The Balaban J connectivity index is 1.21. The predicted molar refractivity (Wildman–Crippen MR) is 142 cm³/mol. The Bertz CT molecular complexity index is 1550. The molecule has 1 heterocycles. The molecule has 4 aromatic rings.